The Kier molecular flexibility index (Phi) is 4.79. The van der Waals surface area contributed by atoms with Gasteiger partial charge in [-0.1, -0.05) is 18.6 Å². The minimum Gasteiger partial charge on any atom is -0.508 e. The molecule has 3 N–H and O–H groups in total. The highest BCUT2D eigenvalue weighted by molar-refractivity contribution is 7.51. The van der Waals surface area contributed by atoms with Crippen LogP contribution in [-0.4, -0.2) is 21.2 Å². The Morgan fingerprint density at radius 2 is 1.93 bits per heavy atom. The second kappa shape index (κ2) is 6.97. The highest BCUT2D eigenvalue weighted by Gasteiger charge is 2.29. The number of rotatable bonds is 5. The predicted octanol–water partition coefficient (Wildman–Crippen LogP) is 4.56. The number of phenols is 1. The molecule has 0 heterocycles. The molecular formula is C21H25O5P. The maximum Gasteiger partial charge on any atom is 0.362 e. The van der Waals surface area contributed by atoms with Gasteiger partial charge in [-0.25, -0.2) is 0 Å². The van der Waals surface area contributed by atoms with Crippen molar-refractivity contribution in [3.63, 3.8) is 0 Å². The summed E-state index contributed by atoms with van der Waals surface area (Å²) in [5.74, 6) is 1.68. The molecule has 0 spiro atoms. The van der Waals surface area contributed by atoms with E-state index in [1.165, 1.54) is 23.1 Å². The first-order valence-corrected chi connectivity index (χ1v) is 11.2. The zero-order chi connectivity index (χ0) is 19.2. The summed E-state index contributed by atoms with van der Waals surface area (Å²) in [5, 5.41) is 10.2. The molecule has 0 unspecified atom stereocenters. The summed E-state index contributed by atoms with van der Waals surface area (Å²) in [5.41, 5.74) is 5.85. The first-order chi connectivity index (χ1) is 12.8. The molecule has 0 amide bonds. The van der Waals surface area contributed by atoms with Gasteiger partial charge in [0.25, 0.3) is 0 Å². The average molecular weight is 388 g/mol. The third-order valence-electron chi connectivity index (χ3n) is 5.90. The van der Waals surface area contributed by atoms with E-state index in [2.05, 4.69) is 6.07 Å². The number of ether oxygens (including phenoxy) is 1. The molecule has 4 rings (SSSR count). The fourth-order valence-corrected chi connectivity index (χ4v) is 4.71. The molecule has 6 heteroatoms. The van der Waals surface area contributed by atoms with Gasteiger partial charge in [-0.3, -0.25) is 4.57 Å². The standard InChI is InChI=1S/C21H25O5P/c1-13-9-17(26-12-27(23,24)25)10-16-5-7-18(21(13)16)15-6-8-20(22)19(11-15)14-3-2-4-14/h6,8-11,14,18,22H,2-5,7,12H2,1H3,(H2,23,24,25)/t18-/m0/s1. The summed E-state index contributed by atoms with van der Waals surface area (Å²) in [4.78, 5) is 18.0. The lowest BCUT2D eigenvalue weighted by Crippen LogP contribution is -2.10. The quantitative estimate of drug-likeness (QED) is 0.654. The lowest BCUT2D eigenvalue weighted by molar-refractivity contribution is 0.300. The van der Waals surface area contributed by atoms with Crippen molar-refractivity contribution in [3.8, 4) is 11.5 Å². The van der Waals surface area contributed by atoms with Crippen molar-refractivity contribution < 1.29 is 24.2 Å². The predicted molar refractivity (Wildman–Crippen MR) is 104 cm³/mol. The molecular weight excluding hydrogens is 363 g/mol. The van der Waals surface area contributed by atoms with E-state index in [9.17, 15) is 9.67 Å². The summed E-state index contributed by atoms with van der Waals surface area (Å²) >= 11 is 0. The molecule has 5 nitrogen and oxygen atoms in total. The maximum atomic E-state index is 11.1. The Morgan fingerprint density at radius 3 is 2.59 bits per heavy atom. The number of benzene rings is 2. The van der Waals surface area contributed by atoms with E-state index in [-0.39, 0.29) is 5.92 Å². The largest absolute Gasteiger partial charge is 0.508 e. The number of hydrogen-bond donors (Lipinski definition) is 3. The number of phenolic OH excluding ortho intramolecular Hbond substituents is 1. The van der Waals surface area contributed by atoms with Crippen LogP contribution < -0.4 is 4.74 Å². The molecule has 144 valence electrons. The molecule has 2 aliphatic carbocycles. The van der Waals surface area contributed by atoms with Crippen LogP contribution in [0, 0.1) is 6.92 Å². The third-order valence-corrected chi connectivity index (χ3v) is 6.36. The van der Waals surface area contributed by atoms with Crippen LogP contribution >= 0.6 is 7.60 Å². The third kappa shape index (κ3) is 3.77. The van der Waals surface area contributed by atoms with Gasteiger partial charge in [0.15, 0.2) is 6.35 Å². The van der Waals surface area contributed by atoms with Gasteiger partial charge in [0, 0.05) is 5.92 Å². The van der Waals surface area contributed by atoms with Gasteiger partial charge in [-0.2, -0.15) is 0 Å². The monoisotopic (exact) mass is 388 g/mol. The van der Waals surface area contributed by atoms with Crippen molar-refractivity contribution in [2.45, 2.75) is 50.9 Å². The van der Waals surface area contributed by atoms with Crippen LogP contribution in [0.25, 0.3) is 0 Å². The summed E-state index contributed by atoms with van der Waals surface area (Å²) < 4.78 is 16.4. The van der Waals surface area contributed by atoms with Crippen LogP contribution in [0.15, 0.2) is 30.3 Å². The second-order valence-corrected chi connectivity index (χ2v) is 9.38. The minimum atomic E-state index is -4.19. The van der Waals surface area contributed by atoms with Crippen LogP contribution in [-0.2, 0) is 11.0 Å². The van der Waals surface area contributed by atoms with Crippen LogP contribution in [0.3, 0.4) is 0 Å². The average Bonchev–Trinajstić information content (AvgIpc) is 2.97. The second-order valence-electron chi connectivity index (χ2n) is 7.79. The van der Waals surface area contributed by atoms with Gasteiger partial charge in [0.05, 0.1) is 0 Å². The molecule has 0 aromatic heterocycles. The number of fused-ring (bicyclic) bond motifs is 1. The number of aromatic hydroxyl groups is 1. The normalized spacial score (nSPS) is 19.6. The molecule has 1 fully saturated rings. The Balaban J connectivity index is 1.63. The Morgan fingerprint density at radius 1 is 1.15 bits per heavy atom. The number of aryl methyl sites for hydroxylation is 2. The first-order valence-electron chi connectivity index (χ1n) is 9.45. The molecule has 1 saturated carbocycles. The van der Waals surface area contributed by atoms with E-state index in [4.69, 9.17) is 14.5 Å². The molecule has 2 aromatic rings. The molecule has 2 aromatic carbocycles. The van der Waals surface area contributed by atoms with Gasteiger partial charge in [0.1, 0.15) is 11.5 Å². The highest BCUT2D eigenvalue weighted by atomic mass is 31.2. The van der Waals surface area contributed by atoms with Crippen molar-refractivity contribution in [1.29, 1.82) is 0 Å². The van der Waals surface area contributed by atoms with E-state index in [1.807, 2.05) is 31.2 Å². The fourth-order valence-electron chi connectivity index (χ4n) is 4.40. The van der Waals surface area contributed by atoms with Gasteiger partial charge >= 0.3 is 7.60 Å². The lowest BCUT2D eigenvalue weighted by atomic mass is 9.78. The molecule has 27 heavy (non-hydrogen) atoms. The van der Waals surface area contributed by atoms with E-state index >= 15 is 0 Å². The maximum absolute atomic E-state index is 11.1. The van der Waals surface area contributed by atoms with Crippen LogP contribution in [0.1, 0.15) is 65.3 Å². The van der Waals surface area contributed by atoms with E-state index in [1.54, 1.807) is 0 Å². The fraction of sp³-hybridized carbons (Fsp3) is 0.429. The van der Waals surface area contributed by atoms with Gasteiger partial charge in [-0.15, -0.1) is 0 Å². The Bertz CT molecular complexity index is 913. The molecule has 0 aliphatic heterocycles. The highest BCUT2D eigenvalue weighted by Crippen LogP contribution is 2.46. The SMILES string of the molecule is Cc1cc(OCP(=O)(O)O)cc2c1[C@H](c1ccc(O)c(C3CCC3)c1)CC2. The molecule has 2 aliphatic rings. The van der Waals surface area contributed by atoms with E-state index in [0.717, 1.165) is 36.8 Å². The topological polar surface area (TPSA) is 87.0 Å². The summed E-state index contributed by atoms with van der Waals surface area (Å²) in [6.45, 7) is 2.02. The van der Waals surface area contributed by atoms with Crippen LogP contribution in [0.2, 0.25) is 0 Å². The van der Waals surface area contributed by atoms with Crippen LogP contribution in [0.4, 0.5) is 0 Å². The molecule has 1 atom stereocenters. The van der Waals surface area contributed by atoms with Crippen molar-refractivity contribution >= 4 is 7.60 Å². The minimum absolute atomic E-state index is 0.287. The van der Waals surface area contributed by atoms with Crippen molar-refractivity contribution in [1.82, 2.24) is 0 Å². The number of hydrogen-bond acceptors (Lipinski definition) is 3. The Labute approximate surface area is 159 Å². The Hall–Kier alpha value is -1.81. The smallest absolute Gasteiger partial charge is 0.362 e. The zero-order valence-electron chi connectivity index (χ0n) is 15.4. The lowest BCUT2D eigenvalue weighted by Gasteiger charge is -2.27. The van der Waals surface area contributed by atoms with Crippen LogP contribution in [0.5, 0.6) is 11.5 Å². The van der Waals surface area contributed by atoms with Crippen molar-refractivity contribution in [2.75, 3.05) is 6.35 Å². The molecule has 0 bridgehead atoms. The van der Waals surface area contributed by atoms with E-state index < -0.39 is 13.9 Å². The molecule has 0 radical (unpaired) electrons. The summed E-state index contributed by atoms with van der Waals surface area (Å²) in [6, 6.07) is 9.80. The first kappa shape index (κ1) is 18.5. The van der Waals surface area contributed by atoms with Gasteiger partial charge in [-0.05, 0) is 84.5 Å². The van der Waals surface area contributed by atoms with E-state index in [0.29, 0.717) is 17.4 Å². The molecule has 0 saturated heterocycles. The van der Waals surface area contributed by atoms with Crippen molar-refractivity contribution in [2.24, 2.45) is 0 Å². The summed E-state index contributed by atoms with van der Waals surface area (Å²) in [6.07, 6.45) is 4.84. The van der Waals surface area contributed by atoms with Gasteiger partial charge in [0.2, 0.25) is 0 Å². The van der Waals surface area contributed by atoms with Crippen molar-refractivity contribution in [3.05, 3.63) is 58.1 Å². The van der Waals surface area contributed by atoms with Gasteiger partial charge < -0.3 is 19.6 Å². The zero-order valence-corrected chi connectivity index (χ0v) is 16.3. The summed E-state index contributed by atoms with van der Waals surface area (Å²) in [7, 11) is -4.19.